The average Bonchev–Trinajstić information content (AvgIpc) is 2.56. The molecule has 0 fully saturated rings. The van der Waals surface area contributed by atoms with Crippen molar-refractivity contribution in [2.24, 2.45) is 5.92 Å². The first-order valence-corrected chi connectivity index (χ1v) is 5.03. The molecule has 0 unspecified atom stereocenters. The van der Waals surface area contributed by atoms with Crippen molar-refractivity contribution in [3.63, 3.8) is 0 Å². The Balaban J connectivity index is 2.32. The number of furan rings is 1. The highest BCUT2D eigenvalue weighted by molar-refractivity contribution is 5.85. The molecule has 0 saturated heterocycles. The third-order valence-corrected chi connectivity index (χ3v) is 2.83. The van der Waals surface area contributed by atoms with E-state index in [1.54, 1.807) is 0 Å². The first-order valence-electron chi connectivity index (χ1n) is 5.03. The molecule has 1 aromatic carbocycles. The van der Waals surface area contributed by atoms with E-state index >= 15 is 0 Å². The average molecular weight is 184 g/mol. The number of hydrogen-bond acceptors (Lipinski definition) is 1. The minimum absolute atomic E-state index is 0.628. The van der Waals surface area contributed by atoms with Crippen molar-refractivity contribution >= 4 is 17.0 Å². The predicted molar refractivity (Wildman–Crippen MR) is 58.1 cm³/mol. The fourth-order valence-corrected chi connectivity index (χ4v) is 2.10. The summed E-state index contributed by atoms with van der Waals surface area (Å²) >= 11 is 0. The van der Waals surface area contributed by atoms with Gasteiger partial charge < -0.3 is 4.42 Å². The lowest BCUT2D eigenvalue weighted by Crippen LogP contribution is -2.00. The molecule has 1 aliphatic carbocycles. The van der Waals surface area contributed by atoms with Crippen LogP contribution in [0.15, 0.2) is 34.8 Å². The van der Waals surface area contributed by atoms with E-state index in [9.17, 15) is 0 Å². The van der Waals surface area contributed by atoms with Crippen molar-refractivity contribution in [3.05, 3.63) is 41.7 Å². The SMILES string of the molecule is C[C@H]1C=Cc2oc3ccccc3c2C1. The van der Waals surface area contributed by atoms with Crippen LogP contribution in [-0.2, 0) is 6.42 Å². The fourth-order valence-electron chi connectivity index (χ4n) is 2.10. The van der Waals surface area contributed by atoms with Gasteiger partial charge in [0.05, 0.1) is 0 Å². The van der Waals surface area contributed by atoms with Gasteiger partial charge in [-0.15, -0.1) is 0 Å². The summed E-state index contributed by atoms with van der Waals surface area (Å²) < 4.78 is 5.75. The van der Waals surface area contributed by atoms with Gasteiger partial charge in [-0.25, -0.2) is 0 Å². The van der Waals surface area contributed by atoms with Gasteiger partial charge in [0, 0.05) is 10.9 Å². The molecule has 2 aromatic rings. The zero-order chi connectivity index (χ0) is 9.54. The van der Waals surface area contributed by atoms with Gasteiger partial charge in [-0.1, -0.05) is 31.2 Å². The van der Waals surface area contributed by atoms with Gasteiger partial charge in [0.15, 0.2) is 0 Å². The third-order valence-electron chi connectivity index (χ3n) is 2.83. The van der Waals surface area contributed by atoms with Crippen molar-refractivity contribution in [3.8, 4) is 0 Å². The molecule has 0 N–H and O–H groups in total. The Kier molecular flexibility index (Phi) is 1.54. The van der Waals surface area contributed by atoms with E-state index in [1.807, 2.05) is 12.1 Å². The fraction of sp³-hybridized carbons (Fsp3) is 0.231. The number of fused-ring (bicyclic) bond motifs is 3. The molecule has 14 heavy (non-hydrogen) atoms. The molecule has 0 saturated carbocycles. The molecule has 0 bridgehead atoms. The number of rotatable bonds is 0. The highest BCUT2D eigenvalue weighted by atomic mass is 16.3. The second kappa shape index (κ2) is 2.74. The Morgan fingerprint density at radius 1 is 1.29 bits per heavy atom. The molecule has 0 spiro atoms. The summed E-state index contributed by atoms with van der Waals surface area (Å²) in [5.74, 6) is 1.67. The summed E-state index contributed by atoms with van der Waals surface area (Å²) in [5, 5.41) is 1.28. The molecular formula is C13H12O. The second-order valence-electron chi connectivity index (χ2n) is 3.98. The van der Waals surface area contributed by atoms with E-state index < -0.39 is 0 Å². The van der Waals surface area contributed by atoms with Gasteiger partial charge in [0.1, 0.15) is 11.3 Å². The van der Waals surface area contributed by atoms with E-state index in [0.29, 0.717) is 5.92 Å². The van der Waals surface area contributed by atoms with Gasteiger partial charge >= 0.3 is 0 Å². The van der Waals surface area contributed by atoms with Crippen LogP contribution in [0.25, 0.3) is 17.0 Å². The lowest BCUT2D eigenvalue weighted by molar-refractivity contribution is 0.584. The molecule has 0 radical (unpaired) electrons. The van der Waals surface area contributed by atoms with Gasteiger partial charge in [-0.05, 0) is 24.5 Å². The van der Waals surface area contributed by atoms with E-state index in [1.165, 1.54) is 10.9 Å². The van der Waals surface area contributed by atoms with Crippen molar-refractivity contribution in [1.29, 1.82) is 0 Å². The van der Waals surface area contributed by atoms with Crippen LogP contribution < -0.4 is 0 Å². The zero-order valence-corrected chi connectivity index (χ0v) is 8.16. The van der Waals surface area contributed by atoms with E-state index in [2.05, 4.69) is 31.2 Å². The third kappa shape index (κ3) is 1.02. The normalized spacial score (nSPS) is 19.9. The largest absolute Gasteiger partial charge is 0.456 e. The molecule has 70 valence electrons. The Morgan fingerprint density at radius 2 is 2.14 bits per heavy atom. The van der Waals surface area contributed by atoms with Crippen LogP contribution in [0.1, 0.15) is 18.2 Å². The van der Waals surface area contributed by atoms with E-state index in [-0.39, 0.29) is 0 Å². The van der Waals surface area contributed by atoms with Crippen molar-refractivity contribution in [2.75, 3.05) is 0 Å². The summed E-state index contributed by atoms with van der Waals surface area (Å²) in [4.78, 5) is 0. The second-order valence-corrected chi connectivity index (χ2v) is 3.98. The summed E-state index contributed by atoms with van der Waals surface area (Å²) in [6.07, 6.45) is 5.41. The molecule has 3 rings (SSSR count). The minimum atomic E-state index is 0.628. The lowest BCUT2D eigenvalue weighted by Gasteiger charge is -2.10. The van der Waals surface area contributed by atoms with Crippen LogP contribution in [-0.4, -0.2) is 0 Å². The standard InChI is InChI=1S/C13H12O/c1-9-6-7-13-11(8-9)10-4-2-3-5-12(10)14-13/h2-7,9H,8H2,1H3/t9-/m0/s1. The van der Waals surface area contributed by atoms with Crippen LogP contribution >= 0.6 is 0 Å². The van der Waals surface area contributed by atoms with Gasteiger partial charge in [0.25, 0.3) is 0 Å². The number of benzene rings is 1. The first kappa shape index (κ1) is 7.86. The minimum Gasteiger partial charge on any atom is -0.456 e. The first-order chi connectivity index (χ1) is 6.84. The topological polar surface area (TPSA) is 13.1 Å². The highest BCUT2D eigenvalue weighted by Crippen LogP contribution is 2.32. The maximum Gasteiger partial charge on any atom is 0.135 e. The molecule has 1 heteroatoms. The number of para-hydroxylation sites is 1. The van der Waals surface area contributed by atoms with E-state index in [0.717, 1.165) is 17.8 Å². The van der Waals surface area contributed by atoms with Crippen LogP contribution in [0, 0.1) is 5.92 Å². The molecule has 1 nitrogen and oxygen atoms in total. The Bertz CT molecular complexity index is 505. The Labute approximate surface area is 83.0 Å². The Hall–Kier alpha value is -1.50. The summed E-state index contributed by atoms with van der Waals surface area (Å²) in [6, 6.07) is 8.27. The molecule has 1 atom stereocenters. The molecule has 1 heterocycles. The van der Waals surface area contributed by atoms with Gasteiger partial charge in [-0.3, -0.25) is 0 Å². The maximum absolute atomic E-state index is 5.75. The van der Waals surface area contributed by atoms with Crippen LogP contribution in [0.4, 0.5) is 0 Å². The maximum atomic E-state index is 5.75. The quantitative estimate of drug-likeness (QED) is 0.609. The summed E-state index contributed by atoms with van der Waals surface area (Å²) in [7, 11) is 0. The number of hydrogen-bond donors (Lipinski definition) is 0. The Morgan fingerprint density at radius 3 is 3.07 bits per heavy atom. The molecule has 1 aliphatic rings. The summed E-state index contributed by atoms with van der Waals surface area (Å²) in [6.45, 7) is 2.24. The number of allylic oxidation sites excluding steroid dienone is 1. The van der Waals surface area contributed by atoms with Gasteiger partial charge in [-0.2, -0.15) is 0 Å². The smallest absolute Gasteiger partial charge is 0.135 e. The lowest BCUT2D eigenvalue weighted by atomic mass is 9.93. The molecule has 0 amide bonds. The highest BCUT2D eigenvalue weighted by Gasteiger charge is 2.16. The predicted octanol–water partition coefficient (Wildman–Crippen LogP) is 3.64. The molecular weight excluding hydrogens is 172 g/mol. The summed E-state index contributed by atoms with van der Waals surface area (Å²) in [5.41, 5.74) is 2.38. The van der Waals surface area contributed by atoms with Crippen molar-refractivity contribution < 1.29 is 4.42 Å². The molecule has 1 aromatic heterocycles. The van der Waals surface area contributed by atoms with Crippen LogP contribution in [0.3, 0.4) is 0 Å². The van der Waals surface area contributed by atoms with E-state index in [4.69, 9.17) is 4.42 Å². The van der Waals surface area contributed by atoms with Crippen LogP contribution in [0.5, 0.6) is 0 Å². The van der Waals surface area contributed by atoms with Crippen LogP contribution in [0.2, 0.25) is 0 Å². The van der Waals surface area contributed by atoms with Crippen molar-refractivity contribution in [1.82, 2.24) is 0 Å². The van der Waals surface area contributed by atoms with Gasteiger partial charge in [0.2, 0.25) is 0 Å². The monoisotopic (exact) mass is 184 g/mol. The molecule has 0 aliphatic heterocycles. The zero-order valence-electron chi connectivity index (χ0n) is 8.16. The van der Waals surface area contributed by atoms with Crippen molar-refractivity contribution in [2.45, 2.75) is 13.3 Å².